The van der Waals surface area contributed by atoms with Crippen LogP contribution in [-0.4, -0.2) is 28.1 Å². The second-order valence-corrected chi connectivity index (χ2v) is 6.07. The summed E-state index contributed by atoms with van der Waals surface area (Å²) in [7, 11) is 0. The van der Waals surface area contributed by atoms with Gasteiger partial charge in [0.15, 0.2) is 11.5 Å². The maximum Gasteiger partial charge on any atom is 0.248 e. The summed E-state index contributed by atoms with van der Waals surface area (Å²) in [5.74, 6) is -3.57. The fraction of sp³-hybridized carbons (Fsp3) is 0.562. The largest absolute Gasteiger partial charge is 0.504 e. The van der Waals surface area contributed by atoms with Crippen LogP contribution in [0.25, 0.3) is 0 Å². The molecule has 2 rings (SSSR count). The summed E-state index contributed by atoms with van der Waals surface area (Å²) in [5.41, 5.74) is 0.776. The fourth-order valence-corrected chi connectivity index (χ4v) is 2.76. The number of phenolic OH excluding ortho intramolecular Hbond substituents is 2. The molecule has 0 spiro atoms. The number of aromatic hydroxyl groups is 2. The predicted octanol–water partition coefficient (Wildman–Crippen LogP) is 2.97. The van der Waals surface area contributed by atoms with Gasteiger partial charge in [0.05, 0.1) is 0 Å². The zero-order valence-electron chi connectivity index (χ0n) is 12.5. The summed E-state index contributed by atoms with van der Waals surface area (Å²) in [6.45, 7) is 1.82. The number of carbonyl (C=O) groups excluding carboxylic acids is 1. The minimum atomic E-state index is -2.63. The maximum atomic E-state index is 13.1. The molecule has 1 aliphatic carbocycles. The third-order valence-electron chi connectivity index (χ3n) is 4.06. The highest BCUT2D eigenvalue weighted by Gasteiger charge is 2.37. The number of phenols is 2. The lowest BCUT2D eigenvalue weighted by molar-refractivity contribution is -0.129. The number of alkyl halides is 2. The molecule has 0 aromatic heterocycles. The van der Waals surface area contributed by atoms with Crippen LogP contribution in [-0.2, 0) is 11.2 Å². The highest BCUT2D eigenvalue weighted by molar-refractivity contribution is 5.79. The summed E-state index contributed by atoms with van der Waals surface area (Å²) in [6, 6.07) is 4.32. The Balaban J connectivity index is 1.85. The van der Waals surface area contributed by atoms with Crippen molar-refractivity contribution in [3.05, 3.63) is 23.8 Å². The van der Waals surface area contributed by atoms with Gasteiger partial charge in [0.25, 0.3) is 0 Å². The van der Waals surface area contributed by atoms with Gasteiger partial charge in [0.1, 0.15) is 0 Å². The Labute approximate surface area is 128 Å². The van der Waals surface area contributed by atoms with Crippen molar-refractivity contribution in [2.75, 3.05) is 0 Å². The molecule has 0 aliphatic heterocycles. The molecule has 0 bridgehead atoms. The average molecular weight is 313 g/mol. The number of hydrogen-bond donors (Lipinski definition) is 3. The molecule has 1 amide bonds. The van der Waals surface area contributed by atoms with Gasteiger partial charge in [-0.1, -0.05) is 6.07 Å². The lowest BCUT2D eigenvalue weighted by Crippen LogP contribution is -2.40. The predicted molar refractivity (Wildman–Crippen MR) is 78.0 cm³/mol. The van der Waals surface area contributed by atoms with E-state index in [-0.39, 0.29) is 55.0 Å². The van der Waals surface area contributed by atoms with Crippen molar-refractivity contribution in [3.63, 3.8) is 0 Å². The van der Waals surface area contributed by atoms with E-state index in [1.54, 1.807) is 6.07 Å². The van der Waals surface area contributed by atoms with Crippen molar-refractivity contribution in [3.8, 4) is 11.5 Å². The van der Waals surface area contributed by atoms with Crippen LogP contribution in [0.15, 0.2) is 18.2 Å². The second kappa shape index (κ2) is 6.50. The maximum absolute atomic E-state index is 13.1. The summed E-state index contributed by atoms with van der Waals surface area (Å²) >= 11 is 0. The van der Waals surface area contributed by atoms with Gasteiger partial charge < -0.3 is 15.5 Å². The Bertz CT molecular complexity index is 538. The van der Waals surface area contributed by atoms with E-state index in [1.165, 1.54) is 12.1 Å². The molecule has 0 heterocycles. The third kappa shape index (κ3) is 4.32. The van der Waals surface area contributed by atoms with Crippen molar-refractivity contribution < 1.29 is 23.8 Å². The molecule has 122 valence electrons. The Hall–Kier alpha value is -1.85. The van der Waals surface area contributed by atoms with Crippen LogP contribution in [0, 0.1) is 5.92 Å². The molecule has 0 unspecified atom stereocenters. The number of rotatable bonds is 4. The van der Waals surface area contributed by atoms with E-state index in [0.29, 0.717) is 6.42 Å². The Morgan fingerprint density at radius 2 is 1.95 bits per heavy atom. The summed E-state index contributed by atoms with van der Waals surface area (Å²) in [5, 5.41) is 21.5. The van der Waals surface area contributed by atoms with E-state index in [9.17, 15) is 23.8 Å². The van der Waals surface area contributed by atoms with Gasteiger partial charge in [0.2, 0.25) is 11.8 Å². The van der Waals surface area contributed by atoms with Crippen LogP contribution < -0.4 is 5.32 Å². The lowest BCUT2D eigenvalue weighted by atomic mass is 9.86. The fourth-order valence-electron chi connectivity index (χ4n) is 2.76. The van der Waals surface area contributed by atoms with E-state index in [1.807, 2.05) is 6.92 Å². The second-order valence-electron chi connectivity index (χ2n) is 6.07. The number of carbonyl (C=O) groups is 1. The lowest BCUT2D eigenvalue weighted by Gasteiger charge is -2.28. The first-order valence-corrected chi connectivity index (χ1v) is 7.46. The first-order valence-electron chi connectivity index (χ1n) is 7.46. The summed E-state index contributed by atoms with van der Waals surface area (Å²) in [4.78, 5) is 12.1. The molecule has 1 saturated carbocycles. The van der Waals surface area contributed by atoms with Gasteiger partial charge >= 0.3 is 0 Å². The molecule has 22 heavy (non-hydrogen) atoms. The molecule has 1 aromatic rings. The zero-order chi connectivity index (χ0) is 16.3. The van der Waals surface area contributed by atoms with Crippen molar-refractivity contribution in [2.45, 2.75) is 51.0 Å². The Morgan fingerprint density at radius 1 is 1.32 bits per heavy atom. The molecule has 1 aromatic carbocycles. The molecule has 1 aliphatic rings. The van der Waals surface area contributed by atoms with E-state index >= 15 is 0 Å². The van der Waals surface area contributed by atoms with Gasteiger partial charge in [-0.2, -0.15) is 0 Å². The Kier molecular flexibility index (Phi) is 4.88. The Morgan fingerprint density at radius 3 is 2.55 bits per heavy atom. The van der Waals surface area contributed by atoms with Gasteiger partial charge in [-0.15, -0.1) is 0 Å². The number of amides is 1. The minimum absolute atomic E-state index is 0.182. The van der Waals surface area contributed by atoms with Crippen LogP contribution in [0.4, 0.5) is 8.78 Å². The van der Waals surface area contributed by atoms with Crippen LogP contribution >= 0.6 is 0 Å². The SMILES string of the molecule is C[C@H](Cc1ccc(O)c(O)c1)NC(=O)C1CCC(F)(F)CC1. The average Bonchev–Trinajstić information content (AvgIpc) is 2.42. The van der Waals surface area contributed by atoms with Gasteiger partial charge in [0, 0.05) is 24.8 Å². The highest BCUT2D eigenvalue weighted by Crippen LogP contribution is 2.36. The number of benzene rings is 1. The normalized spacial score (nSPS) is 19.6. The molecule has 3 N–H and O–H groups in total. The molecule has 0 saturated heterocycles. The molecular formula is C16H21F2NO3. The van der Waals surface area contributed by atoms with E-state index < -0.39 is 5.92 Å². The minimum Gasteiger partial charge on any atom is -0.504 e. The highest BCUT2D eigenvalue weighted by atomic mass is 19.3. The van der Waals surface area contributed by atoms with Gasteiger partial charge in [-0.25, -0.2) is 8.78 Å². The van der Waals surface area contributed by atoms with Crippen molar-refractivity contribution in [1.82, 2.24) is 5.32 Å². The van der Waals surface area contributed by atoms with Crippen LogP contribution in [0.2, 0.25) is 0 Å². The molecule has 1 atom stereocenters. The first kappa shape index (κ1) is 16.5. The van der Waals surface area contributed by atoms with E-state index in [4.69, 9.17) is 0 Å². The molecule has 6 heteroatoms. The number of nitrogens with one attached hydrogen (secondary N) is 1. The number of hydrogen-bond acceptors (Lipinski definition) is 3. The number of halogens is 2. The quantitative estimate of drug-likeness (QED) is 0.749. The monoisotopic (exact) mass is 313 g/mol. The van der Waals surface area contributed by atoms with Crippen molar-refractivity contribution in [2.24, 2.45) is 5.92 Å². The topological polar surface area (TPSA) is 69.6 Å². The standard InChI is InChI=1S/C16H21F2NO3/c1-10(8-11-2-3-13(20)14(21)9-11)19-15(22)12-4-6-16(17,18)7-5-12/h2-3,9-10,12,20-21H,4-8H2,1H3,(H,19,22)/t10-/m1/s1. The molecule has 1 fully saturated rings. The van der Waals surface area contributed by atoms with Crippen molar-refractivity contribution >= 4 is 5.91 Å². The van der Waals surface area contributed by atoms with Crippen LogP contribution in [0.5, 0.6) is 11.5 Å². The smallest absolute Gasteiger partial charge is 0.248 e. The molecule has 0 radical (unpaired) electrons. The van der Waals surface area contributed by atoms with E-state index in [0.717, 1.165) is 5.56 Å². The molecular weight excluding hydrogens is 292 g/mol. The van der Waals surface area contributed by atoms with Gasteiger partial charge in [-0.3, -0.25) is 4.79 Å². The first-order chi connectivity index (χ1) is 10.3. The zero-order valence-corrected chi connectivity index (χ0v) is 12.5. The van der Waals surface area contributed by atoms with Crippen molar-refractivity contribution in [1.29, 1.82) is 0 Å². The third-order valence-corrected chi connectivity index (χ3v) is 4.06. The van der Waals surface area contributed by atoms with E-state index in [2.05, 4.69) is 5.32 Å². The van der Waals surface area contributed by atoms with Crippen LogP contribution in [0.3, 0.4) is 0 Å². The summed E-state index contributed by atoms with van der Waals surface area (Å²) < 4.78 is 26.2. The van der Waals surface area contributed by atoms with Crippen LogP contribution in [0.1, 0.15) is 38.2 Å². The molecule has 4 nitrogen and oxygen atoms in total. The van der Waals surface area contributed by atoms with Gasteiger partial charge in [-0.05, 0) is 43.9 Å². The summed E-state index contributed by atoms with van der Waals surface area (Å²) in [6.07, 6.45) is 0.455.